The van der Waals surface area contributed by atoms with Crippen molar-refractivity contribution in [2.45, 2.75) is 6.92 Å². The average molecular weight is 259 g/mol. The van der Waals surface area contributed by atoms with Crippen molar-refractivity contribution in [2.75, 3.05) is 18.9 Å². The van der Waals surface area contributed by atoms with Crippen LogP contribution in [0.1, 0.15) is 6.92 Å². The minimum atomic E-state index is -0.0872. The van der Waals surface area contributed by atoms with Crippen molar-refractivity contribution in [2.24, 2.45) is 5.92 Å². The van der Waals surface area contributed by atoms with Gasteiger partial charge in [0.1, 0.15) is 0 Å². The zero-order valence-electron chi connectivity index (χ0n) is 11.0. The van der Waals surface area contributed by atoms with E-state index in [4.69, 9.17) is 0 Å². The Morgan fingerprint density at radius 3 is 2.89 bits per heavy atom. The van der Waals surface area contributed by atoms with Crippen LogP contribution < -0.4 is 10.6 Å². The number of amides is 1. The van der Waals surface area contributed by atoms with Gasteiger partial charge < -0.3 is 10.6 Å². The molecule has 0 aliphatic heterocycles. The van der Waals surface area contributed by atoms with E-state index in [0.717, 1.165) is 0 Å². The first-order chi connectivity index (χ1) is 9.20. The molecule has 0 aliphatic carbocycles. The first-order valence-electron chi connectivity index (χ1n) is 6.12. The Bertz CT molecular complexity index is 520. The highest BCUT2D eigenvalue weighted by atomic mass is 16.1. The third-order valence-corrected chi connectivity index (χ3v) is 2.71. The van der Waals surface area contributed by atoms with Crippen molar-refractivity contribution in [3.63, 3.8) is 0 Å². The highest BCUT2D eigenvalue weighted by Gasteiger charge is 2.11. The second-order valence-corrected chi connectivity index (χ2v) is 4.30. The lowest BCUT2D eigenvalue weighted by Gasteiger charge is -2.11. The fourth-order valence-corrected chi connectivity index (χ4v) is 1.66. The van der Waals surface area contributed by atoms with E-state index < -0.39 is 0 Å². The van der Waals surface area contributed by atoms with Gasteiger partial charge in [0.2, 0.25) is 5.91 Å². The molecule has 2 N–H and O–H groups in total. The van der Waals surface area contributed by atoms with E-state index in [1.165, 1.54) is 0 Å². The fourth-order valence-electron chi connectivity index (χ4n) is 1.66. The average Bonchev–Trinajstić information content (AvgIpc) is 2.94. The normalized spacial score (nSPS) is 12.1. The van der Waals surface area contributed by atoms with Crippen LogP contribution in [0.5, 0.6) is 0 Å². The molecule has 100 valence electrons. The van der Waals surface area contributed by atoms with Crippen molar-refractivity contribution in [1.82, 2.24) is 20.1 Å². The summed E-state index contributed by atoms with van der Waals surface area (Å²) in [7, 11) is 1.82. The third kappa shape index (κ3) is 3.38. The van der Waals surface area contributed by atoms with Gasteiger partial charge in [-0.1, -0.05) is 6.92 Å². The number of carbonyl (C=O) groups excluding carboxylic acids is 1. The molecule has 2 rings (SSSR count). The van der Waals surface area contributed by atoms with Gasteiger partial charge in [-0.3, -0.25) is 4.79 Å². The molecule has 6 nitrogen and oxygen atoms in total. The van der Waals surface area contributed by atoms with E-state index in [0.29, 0.717) is 18.1 Å². The summed E-state index contributed by atoms with van der Waals surface area (Å²) in [6, 6.07) is 5.45. The van der Waals surface area contributed by atoms with Crippen LogP contribution in [0.25, 0.3) is 5.82 Å². The van der Waals surface area contributed by atoms with Crippen LogP contribution in [0, 0.1) is 5.92 Å². The van der Waals surface area contributed by atoms with Gasteiger partial charge in [-0.2, -0.15) is 5.10 Å². The van der Waals surface area contributed by atoms with Crippen LogP contribution in [-0.4, -0.2) is 34.3 Å². The molecule has 0 radical (unpaired) electrons. The standard InChI is InChI=1S/C13H17N5O/c1-10(8-14-2)13(19)17-11-4-5-12(15-9-11)18-7-3-6-16-18/h3-7,9-10,14H,8H2,1-2H3,(H,17,19). The molecule has 2 aromatic rings. The topological polar surface area (TPSA) is 71.8 Å². The Morgan fingerprint density at radius 2 is 2.32 bits per heavy atom. The number of hydrogen-bond acceptors (Lipinski definition) is 4. The summed E-state index contributed by atoms with van der Waals surface area (Å²) in [6.45, 7) is 2.52. The molecule has 1 atom stereocenters. The molecule has 0 spiro atoms. The van der Waals surface area contributed by atoms with Gasteiger partial charge in [-0.15, -0.1) is 0 Å². The number of hydrogen-bond donors (Lipinski definition) is 2. The first kappa shape index (κ1) is 13.2. The SMILES string of the molecule is CNCC(C)C(=O)Nc1ccc(-n2cccn2)nc1. The molecular weight excluding hydrogens is 242 g/mol. The number of rotatable bonds is 5. The zero-order valence-corrected chi connectivity index (χ0v) is 11.0. The molecule has 2 heterocycles. The number of carbonyl (C=O) groups is 1. The lowest BCUT2D eigenvalue weighted by Crippen LogP contribution is -2.28. The summed E-state index contributed by atoms with van der Waals surface area (Å²) >= 11 is 0. The maximum atomic E-state index is 11.8. The van der Waals surface area contributed by atoms with Crippen molar-refractivity contribution in [3.8, 4) is 5.82 Å². The monoisotopic (exact) mass is 259 g/mol. The molecule has 0 bridgehead atoms. The van der Waals surface area contributed by atoms with Crippen LogP contribution in [0.3, 0.4) is 0 Å². The molecule has 1 amide bonds. The summed E-state index contributed by atoms with van der Waals surface area (Å²) in [6.07, 6.45) is 5.13. The van der Waals surface area contributed by atoms with Crippen LogP contribution in [0.2, 0.25) is 0 Å². The number of aromatic nitrogens is 3. The Balaban J connectivity index is 2.01. The van der Waals surface area contributed by atoms with Gasteiger partial charge >= 0.3 is 0 Å². The van der Waals surface area contributed by atoms with Crippen molar-refractivity contribution in [1.29, 1.82) is 0 Å². The van der Waals surface area contributed by atoms with E-state index in [9.17, 15) is 4.79 Å². The molecule has 0 fully saturated rings. The zero-order chi connectivity index (χ0) is 13.7. The van der Waals surface area contributed by atoms with E-state index >= 15 is 0 Å². The van der Waals surface area contributed by atoms with Gasteiger partial charge in [-0.05, 0) is 25.2 Å². The molecule has 0 aromatic carbocycles. The molecule has 0 saturated carbocycles. The lowest BCUT2D eigenvalue weighted by atomic mass is 10.1. The van der Waals surface area contributed by atoms with Crippen molar-refractivity contribution in [3.05, 3.63) is 36.8 Å². The molecule has 1 unspecified atom stereocenters. The van der Waals surface area contributed by atoms with Crippen LogP contribution in [0.15, 0.2) is 36.8 Å². The van der Waals surface area contributed by atoms with Gasteiger partial charge in [0.25, 0.3) is 0 Å². The Labute approximate surface area is 111 Å². The second kappa shape index (κ2) is 6.10. The van der Waals surface area contributed by atoms with E-state index in [2.05, 4.69) is 20.7 Å². The summed E-state index contributed by atoms with van der Waals surface area (Å²) in [4.78, 5) is 16.1. The predicted octanol–water partition coefficient (Wildman–Crippen LogP) is 1.06. The summed E-state index contributed by atoms with van der Waals surface area (Å²) in [5.74, 6) is 0.602. The lowest BCUT2D eigenvalue weighted by molar-refractivity contribution is -0.119. The highest BCUT2D eigenvalue weighted by molar-refractivity contribution is 5.92. The fraction of sp³-hybridized carbons (Fsp3) is 0.308. The van der Waals surface area contributed by atoms with Crippen LogP contribution >= 0.6 is 0 Å². The summed E-state index contributed by atoms with van der Waals surface area (Å²) in [5, 5.41) is 9.89. The second-order valence-electron chi connectivity index (χ2n) is 4.30. The molecule has 0 saturated heterocycles. The smallest absolute Gasteiger partial charge is 0.228 e. The largest absolute Gasteiger partial charge is 0.324 e. The maximum Gasteiger partial charge on any atom is 0.228 e. The number of anilines is 1. The van der Waals surface area contributed by atoms with Crippen molar-refractivity contribution >= 4 is 11.6 Å². The Morgan fingerprint density at radius 1 is 1.47 bits per heavy atom. The summed E-state index contributed by atoms with van der Waals surface area (Å²) < 4.78 is 1.66. The van der Waals surface area contributed by atoms with Crippen LogP contribution in [0.4, 0.5) is 5.69 Å². The minimum Gasteiger partial charge on any atom is -0.324 e. The summed E-state index contributed by atoms with van der Waals surface area (Å²) in [5.41, 5.74) is 0.684. The Hall–Kier alpha value is -2.21. The number of pyridine rings is 1. The predicted molar refractivity (Wildman–Crippen MR) is 73.1 cm³/mol. The van der Waals surface area contributed by atoms with Gasteiger partial charge in [0.05, 0.1) is 11.9 Å². The minimum absolute atomic E-state index is 0.0250. The third-order valence-electron chi connectivity index (χ3n) is 2.71. The molecule has 6 heteroatoms. The van der Waals surface area contributed by atoms with E-state index in [1.54, 1.807) is 17.1 Å². The number of nitrogens with one attached hydrogen (secondary N) is 2. The van der Waals surface area contributed by atoms with Gasteiger partial charge in [0, 0.05) is 24.9 Å². The molecule has 19 heavy (non-hydrogen) atoms. The quantitative estimate of drug-likeness (QED) is 0.842. The van der Waals surface area contributed by atoms with E-state index in [1.807, 2.05) is 38.4 Å². The molecule has 2 aromatic heterocycles. The van der Waals surface area contributed by atoms with Gasteiger partial charge in [0.15, 0.2) is 5.82 Å². The Kier molecular flexibility index (Phi) is 4.25. The molecule has 0 aliphatic rings. The first-order valence-corrected chi connectivity index (χ1v) is 6.12. The van der Waals surface area contributed by atoms with E-state index in [-0.39, 0.29) is 11.8 Å². The van der Waals surface area contributed by atoms with Crippen LogP contribution in [-0.2, 0) is 4.79 Å². The van der Waals surface area contributed by atoms with Gasteiger partial charge in [-0.25, -0.2) is 9.67 Å². The van der Waals surface area contributed by atoms with Crippen molar-refractivity contribution < 1.29 is 4.79 Å². The maximum absolute atomic E-state index is 11.8. The number of nitrogens with zero attached hydrogens (tertiary/aromatic N) is 3. The highest BCUT2D eigenvalue weighted by Crippen LogP contribution is 2.10. The molecular formula is C13H17N5O.